The zero-order valence-electron chi connectivity index (χ0n) is 14.9. The number of nitrogens with zero attached hydrogens (tertiary/aromatic N) is 1. The Hall–Kier alpha value is -2.44. The van der Waals surface area contributed by atoms with E-state index in [1.807, 2.05) is 42.5 Å². The van der Waals surface area contributed by atoms with E-state index in [0.29, 0.717) is 26.1 Å². The first-order valence-corrected chi connectivity index (χ1v) is 8.68. The van der Waals surface area contributed by atoms with Gasteiger partial charge in [-0.25, -0.2) is 0 Å². The summed E-state index contributed by atoms with van der Waals surface area (Å²) in [7, 11) is 1.54. The van der Waals surface area contributed by atoms with E-state index in [-0.39, 0.29) is 18.9 Å². The maximum Gasteiger partial charge on any atom is 0.227 e. The van der Waals surface area contributed by atoms with E-state index in [1.54, 1.807) is 12.0 Å². The SMILES string of the molecule is COC[C@]1(CC(N)=O)CN(C(=O)Cc2ccc3ccccc3c2)CCO1. The van der Waals surface area contributed by atoms with Crippen LogP contribution in [-0.4, -0.2) is 55.7 Å². The molecule has 6 heteroatoms. The molecule has 1 fully saturated rings. The molecule has 3 rings (SSSR count). The summed E-state index contributed by atoms with van der Waals surface area (Å²) < 4.78 is 11.0. The van der Waals surface area contributed by atoms with Gasteiger partial charge >= 0.3 is 0 Å². The second-order valence-electron chi connectivity index (χ2n) is 6.78. The van der Waals surface area contributed by atoms with Crippen LogP contribution in [0, 0.1) is 0 Å². The van der Waals surface area contributed by atoms with Gasteiger partial charge < -0.3 is 20.1 Å². The minimum Gasteiger partial charge on any atom is -0.382 e. The van der Waals surface area contributed by atoms with Crippen LogP contribution in [0.4, 0.5) is 0 Å². The zero-order chi connectivity index (χ0) is 18.6. The number of hydrogen-bond acceptors (Lipinski definition) is 4. The third-order valence-corrected chi connectivity index (χ3v) is 4.67. The number of nitrogens with two attached hydrogens (primary N) is 1. The van der Waals surface area contributed by atoms with Crippen molar-refractivity contribution in [1.82, 2.24) is 4.90 Å². The van der Waals surface area contributed by atoms with E-state index in [2.05, 4.69) is 0 Å². The summed E-state index contributed by atoms with van der Waals surface area (Å²) in [6.07, 6.45) is 0.338. The topological polar surface area (TPSA) is 81.9 Å². The molecule has 2 aromatic rings. The largest absolute Gasteiger partial charge is 0.382 e. The van der Waals surface area contributed by atoms with Crippen molar-refractivity contribution in [3.8, 4) is 0 Å². The number of carbonyl (C=O) groups is 2. The van der Waals surface area contributed by atoms with Gasteiger partial charge in [0.05, 0.1) is 32.6 Å². The van der Waals surface area contributed by atoms with E-state index < -0.39 is 11.5 Å². The molecule has 2 amide bonds. The first-order valence-electron chi connectivity index (χ1n) is 8.68. The molecule has 1 heterocycles. The molecular weight excluding hydrogens is 332 g/mol. The summed E-state index contributed by atoms with van der Waals surface area (Å²) in [5.41, 5.74) is 5.46. The predicted octanol–water partition coefficient (Wildman–Crippen LogP) is 1.50. The summed E-state index contributed by atoms with van der Waals surface area (Å²) in [6.45, 7) is 1.38. The van der Waals surface area contributed by atoms with Crippen molar-refractivity contribution in [1.29, 1.82) is 0 Å². The van der Waals surface area contributed by atoms with Crippen LogP contribution >= 0.6 is 0 Å². The third kappa shape index (κ3) is 4.20. The van der Waals surface area contributed by atoms with Gasteiger partial charge in [-0.05, 0) is 16.3 Å². The highest BCUT2D eigenvalue weighted by atomic mass is 16.5. The summed E-state index contributed by atoms with van der Waals surface area (Å²) in [6, 6.07) is 14.1. The van der Waals surface area contributed by atoms with Crippen LogP contribution < -0.4 is 5.73 Å². The van der Waals surface area contributed by atoms with Crippen molar-refractivity contribution in [3.63, 3.8) is 0 Å². The van der Waals surface area contributed by atoms with Gasteiger partial charge in [-0.3, -0.25) is 9.59 Å². The van der Waals surface area contributed by atoms with E-state index in [1.165, 1.54) is 0 Å². The molecular formula is C20H24N2O4. The number of benzene rings is 2. The molecule has 138 valence electrons. The fourth-order valence-electron chi connectivity index (χ4n) is 3.52. The maximum atomic E-state index is 12.8. The van der Waals surface area contributed by atoms with Crippen molar-refractivity contribution in [2.75, 3.05) is 33.4 Å². The number of amides is 2. The van der Waals surface area contributed by atoms with Crippen LogP contribution in [-0.2, 0) is 25.5 Å². The molecule has 0 radical (unpaired) electrons. The van der Waals surface area contributed by atoms with Crippen LogP contribution in [0.1, 0.15) is 12.0 Å². The summed E-state index contributed by atoms with van der Waals surface area (Å²) in [4.78, 5) is 26.0. The maximum absolute atomic E-state index is 12.8. The Bertz CT molecular complexity index is 803. The van der Waals surface area contributed by atoms with Crippen molar-refractivity contribution in [2.45, 2.75) is 18.4 Å². The van der Waals surface area contributed by atoms with E-state index in [4.69, 9.17) is 15.2 Å². The molecule has 1 atom stereocenters. The quantitative estimate of drug-likeness (QED) is 0.850. The van der Waals surface area contributed by atoms with Gasteiger partial charge in [0.1, 0.15) is 5.60 Å². The Morgan fingerprint density at radius 3 is 2.73 bits per heavy atom. The van der Waals surface area contributed by atoms with Crippen LogP contribution in [0.2, 0.25) is 0 Å². The van der Waals surface area contributed by atoms with Gasteiger partial charge in [-0.15, -0.1) is 0 Å². The number of primary amides is 1. The molecule has 0 bridgehead atoms. The highest BCUT2D eigenvalue weighted by molar-refractivity contribution is 5.85. The molecule has 0 spiro atoms. The molecule has 0 aliphatic carbocycles. The molecule has 0 saturated carbocycles. The van der Waals surface area contributed by atoms with Crippen molar-refractivity contribution in [3.05, 3.63) is 48.0 Å². The number of rotatable bonds is 6. The smallest absolute Gasteiger partial charge is 0.227 e. The predicted molar refractivity (Wildman–Crippen MR) is 98.6 cm³/mol. The summed E-state index contributed by atoms with van der Waals surface area (Å²) in [5, 5.41) is 2.26. The van der Waals surface area contributed by atoms with Crippen molar-refractivity contribution >= 4 is 22.6 Å². The average molecular weight is 356 g/mol. The number of ether oxygens (including phenoxy) is 2. The molecule has 0 aromatic heterocycles. The fourth-order valence-corrected chi connectivity index (χ4v) is 3.52. The molecule has 1 saturated heterocycles. The second kappa shape index (κ2) is 7.85. The van der Waals surface area contributed by atoms with Crippen LogP contribution in [0.3, 0.4) is 0 Å². The molecule has 1 aliphatic heterocycles. The molecule has 2 N–H and O–H groups in total. The normalized spacial score (nSPS) is 20.3. The zero-order valence-corrected chi connectivity index (χ0v) is 14.9. The van der Waals surface area contributed by atoms with Gasteiger partial charge in [0.25, 0.3) is 0 Å². The van der Waals surface area contributed by atoms with E-state index in [0.717, 1.165) is 16.3 Å². The number of methoxy groups -OCH3 is 1. The Balaban J connectivity index is 1.72. The lowest BCUT2D eigenvalue weighted by molar-refractivity contribution is -0.165. The summed E-state index contributed by atoms with van der Waals surface area (Å²) in [5.74, 6) is -0.459. The third-order valence-electron chi connectivity index (χ3n) is 4.67. The van der Waals surface area contributed by atoms with Crippen LogP contribution in [0.15, 0.2) is 42.5 Å². The number of morpholine rings is 1. The number of fused-ring (bicyclic) bond motifs is 1. The molecule has 26 heavy (non-hydrogen) atoms. The minimum absolute atomic E-state index is 0.00790. The molecule has 1 aliphatic rings. The van der Waals surface area contributed by atoms with Crippen LogP contribution in [0.5, 0.6) is 0 Å². The van der Waals surface area contributed by atoms with E-state index >= 15 is 0 Å². The van der Waals surface area contributed by atoms with Gasteiger partial charge in [0.2, 0.25) is 11.8 Å². The van der Waals surface area contributed by atoms with Crippen molar-refractivity contribution < 1.29 is 19.1 Å². The minimum atomic E-state index is -0.863. The average Bonchev–Trinajstić information content (AvgIpc) is 2.61. The van der Waals surface area contributed by atoms with Gasteiger partial charge in [-0.2, -0.15) is 0 Å². The Kier molecular flexibility index (Phi) is 5.54. The lowest BCUT2D eigenvalue weighted by Crippen LogP contribution is -2.57. The Morgan fingerprint density at radius 1 is 1.23 bits per heavy atom. The monoisotopic (exact) mass is 356 g/mol. The van der Waals surface area contributed by atoms with E-state index in [9.17, 15) is 9.59 Å². The number of hydrogen-bond donors (Lipinski definition) is 1. The van der Waals surface area contributed by atoms with Crippen LogP contribution in [0.25, 0.3) is 10.8 Å². The van der Waals surface area contributed by atoms with Gasteiger partial charge in [0.15, 0.2) is 0 Å². The highest BCUT2D eigenvalue weighted by Gasteiger charge is 2.39. The fraction of sp³-hybridized carbons (Fsp3) is 0.400. The first-order chi connectivity index (χ1) is 12.5. The lowest BCUT2D eigenvalue weighted by Gasteiger charge is -2.41. The standard InChI is InChI=1S/C20H24N2O4/c1-25-14-20(12-18(21)23)13-22(8-9-26-20)19(24)11-15-6-7-16-4-2-3-5-17(16)10-15/h2-7,10H,8-9,11-14H2,1H3,(H2,21,23)/t20-/m0/s1. The Morgan fingerprint density at radius 2 is 2.00 bits per heavy atom. The molecule has 6 nitrogen and oxygen atoms in total. The lowest BCUT2D eigenvalue weighted by atomic mass is 9.97. The van der Waals surface area contributed by atoms with Crippen molar-refractivity contribution in [2.24, 2.45) is 5.73 Å². The first kappa shape index (κ1) is 18.4. The summed E-state index contributed by atoms with van der Waals surface area (Å²) >= 11 is 0. The second-order valence-corrected chi connectivity index (χ2v) is 6.78. The Labute approximate surface area is 152 Å². The van der Waals surface area contributed by atoms with Gasteiger partial charge in [0, 0.05) is 13.7 Å². The highest BCUT2D eigenvalue weighted by Crippen LogP contribution is 2.24. The number of carbonyl (C=O) groups excluding carboxylic acids is 2. The molecule has 2 aromatic carbocycles. The molecule has 0 unspecified atom stereocenters. The van der Waals surface area contributed by atoms with Gasteiger partial charge in [-0.1, -0.05) is 42.5 Å².